The normalized spacial score (nSPS) is 13.1. The smallest absolute Gasteiger partial charge is 0.322 e. The highest BCUT2D eigenvalue weighted by atomic mass is 35.5. The molecule has 0 fully saturated rings. The Hall–Kier alpha value is -3.45. The molecule has 29 heavy (non-hydrogen) atoms. The fourth-order valence-corrected chi connectivity index (χ4v) is 3.99. The van der Waals surface area contributed by atoms with E-state index in [-0.39, 0.29) is 23.9 Å². The molecule has 8 heteroatoms. The summed E-state index contributed by atoms with van der Waals surface area (Å²) in [6, 6.07) is 15.4. The van der Waals surface area contributed by atoms with Gasteiger partial charge in [0.1, 0.15) is 5.75 Å². The number of carbonyl (C=O) groups is 2. The molecule has 2 aromatic carbocycles. The Morgan fingerprint density at radius 3 is 2.38 bits per heavy atom. The molecule has 1 aliphatic heterocycles. The number of carbonyl (C=O) groups excluding carboxylic acids is 2. The Kier molecular flexibility index (Phi) is 4.90. The molecule has 0 saturated heterocycles. The van der Waals surface area contributed by atoms with Crippen molar-refractivity contribution in [2.75, 3.05) is 11.9 Å². The summed E-state index contributed by atoms with van der Waals surface area (Å²) in [4.78, 5) is 26.4. The second kappa shape index (κ2) is 7.52. The molecular weight excluding hydrogens is 392 g/mol. The van der Waals surface area contributed by atoms with Crippen LogP contribution in [0.3, 0.4) is 0 Å². The Morgan fingerprint density at radius 1 is 1.03 bits per heavy atom. The molecule has 7 nitrogen and oxygen atoms in total. The number of amides is 3. The van der Waals surface area contributed by atoms with Gasteiger partial charge >= 0.3 is 6.03 Å². The van der Waals surface area contributed by atoms with Gasteiger partial charge in [0.15, 0.2) is 0 Å². The van der Waals surface area contributed by atoms with Crippen LogP contribution in [0, 0.1) is 0 Å². The molecule has 3 aromatic rings. The van der Waals surface area contributed by atoms with Crippen LogP contribution in [0.2, 0.25) is 5.02 Å². The van der Waals surface area contributed by atoms with Gasteiger partial charge in [-0.1, -0.05) is 41.9 Å². The summed E-state index contributed by atoms with van der Waals surface area (Å²) in [5.41, 5.74) is 8.65. The molecule has 148 valence electrons. The minimum atomic E-state index is -0.623. The van der Waals surface area contributed by atoms with E-state index < -0.39 is 5.91 Å². The Balaban J connectivity index is 1.66. The molecule has 0 radical (unpaired) electrons. The van der Waals surface area contributed by atoms with Gasteiger partial charge in [-0.25, -0.2) is 4.79 Å². The number of nitrogens with two attached hydrogens (primary N) is 1. The van der Waals surface area contributed by atoms with E-state index in [2.05, 4.69) is 5.32 Å². The molecule has 1 aliphatic rings. The first-order chi connectivity index (χ1) is 14.0. The highest BCUT2D eigenvalue weighted by Crippen LogP contribution is 2.37. The summed E-state index contributed by atoms with van der Waals surface area (Å²) in [7, 11) is 0. The number of phenols is 1. The minimum absolute atomic E-state index is 0.119. The molecule has 3 amide bonds. The first-order valence-corrected chi connectivity index (χ1v) is 9.44. The largest absolute Gasteiger partial charge is 0.508 e. The second-order valence-corrected chi connectivity index (χ2v) is 7.14. The van der Waals surface area contributed by atoms with Gasteiger partial charge in [-0.2, -0.15) is 0 Å². The summed E-state index contributed by atoms with van der Waals surface area (Å²) in [5.74, 6) is -0.505. The number of anilines is 1. The van der Waals surface area contributed by atoms with Gasteiger partial charge in [0.05, 0.1) is 28.5 Å². The lowest BCUT2D eigenvalue weighted by Crippen LogP contribution is -2.41. The van der Waals surface area contributed by atoms with E-state index in [0.717, 1.165) is 11.3 Å². The lowest BCUT2D eigenvalue weighted by Gasteiger charge is -2.30. The number of urea groups is 1. The third-order valence-electron chi connectivity index (χ3n) is 4.95. The van der Waals surface area contributed by atoms with Crippen LogP contribution in [0.5, 0.6) is 5.75 Å². The molecule has 0 aliphatic carbocycles. The van der Waals surface area contributed by atoms with Gasteiger partial charge in [-0.05, 0) is 29.8 Å². The number of nitrogens with one attached hydrogen (secondary N) is 1. The van der Waals surface area contributed by atoms with E-state index in [1.165, 1.54) is 12.1 Å². The highest BCUT2D eigenvalue weighted by molar-refractivity contribution is 6.36. The number of nitrogens with zero attached hydrogens (tertiary/aromatic N) is 2. The topological polar surface area (TPSA) is 101 Å². The van der Waals surface area contributed by atoms with Crippen molar-refractivity contribution in [3.8, 4) is 17.0 Å². The molecule has 4 N–H and O–H groups in total. The number of benzene rings is 2. The third kappa shape index (κ3) is 3.52. The number of halogens is 1. The number of primary amides is 1. The zero-order valence-electron chi connectivity index (χ0n) is 15.4. The van der Waals surface area contributed by atoms with Gasteiger partial charge in [0, 0.05) is 18.8 Å². The number of aromatic hydroxyl groups is 1. The number of fused-ring (bicyclic) bond motifs is 1. The summed E-state index contributed by atoms with van der Waals surface area (Å²) < 4.78 is 1.96. The molecule has 0 bridgehead atoms. The van der Waals surface area contributed by atoms with Crippen LogP contribution < -0.4 is 11.1 Å². The number of rotatable bonds is 3. The molecule has 0 saturated carbocycles. The number of aromatic nitrogens is 1. The quantitative estimate of drug-likeness (QED) is 0.574. The van der Waals surface area contributed by atoms with Crippen molar-refractivity contribution in [3.05, 3.63) is 70.9 Å². The summed E-state index contributed by atoms with van der Waals surface area (Å²) in [6.07, 6.45) is 0. The van der Waals surface area contributed by atoms with E-state index in [9.17, 15) is 14.7 Å². The van der Waals surface area contributed by atoms with Crippen molar-refractivity contribution in [3.63, 3.8) is 0 Å². The molecule has 1 aromatic heterocycles. The fourth-order valence-electron chi connectivity index (χ4n) is 3.57. The summed E-state index contributed by atoms with van der Waals surface area (Å²) in [5, 5.41) is 12.5. The number of phenolic OH excluding ortho intramolecular Hbond substituents is 1. The molecule has 0 spiro atoms. The predicted octanol–water partition coefficient (Wildman–Crippen LogP) is 3.66. The van der Waals surface area contributed by atoms with Crippen LogP contribution >= 0.6 is 11.6 Å². The van der Waals surface area contributed by atoms with Crippen LogP contribution in [-0.4, -0.2) is 33.1 Å². The standard InChI is InChI=1S/C21H19ClN4O3/c22-18-17(20(23)28)16-12-25(21(29)24-14-6-8-15(27)9-7-14)10-11-26(16)19(18)13-4-2-1-3-5-13/h1-9,27H,10-12H2,(H2,23,28)(H,24,29). The lowest BCUT2D eigenvalue weighted by atomic mass is 10.1. The van der Waals surface area contributed by atoms with E-state index in [1.807, 2.05) is 34.9 Å². The van der Waals surface area contributed by atoms with Gasteiger partial charge in [0.25, 0.3) is 5.91 Å². The third-order valence-corrected chi connectivity index (χ3v) is 5.31. The average Bonchev–Trinajstić information content (AvgIpc) is 3.01. The van der Waals surface area contributed by atoms with Crippen molar-refractivity contribution >= 4 is 29.2 Å². The SMILES string of the molecule is NC(=O)c1c(Cl)c(-c2ccccc2)n2c1CN(C(=O)Nc1ccc(O)cc1)CC2. The van der Waals surface area contributed by atoms with Gasteiger partial charge in [-0.15, -0.1) is 0 Å². The first-order valence-electron chi connectivity index (χ1n) is 9.06. The summed E-state index contributed by atoms with van der Waals surface area (Å²) in [6.45, 7) is 1.13. The predicted molar refractivity (Wildman–Crippen MR) is 111 cm³/mol. The zero-order chi connectivity index (χ0) is 20.5. The van der Waals surface area contributed by atoms with Crippen molar-refractivity contribution < 1.29 is 14.7 Å². The lowest BCUT2D eigenvalue weighted by molar-refractivity contribution is 0.0997. The van der Waals surface area contributed by atoms with Gasteiger partial charge < -0.3 is 25.6 Å². The van der Waals surface area contributed by atoms with Crippen molar-refractivity contribution in [1.82, 2.24) is 9.47 Å². The fraction of sp³-hybridized carbons (Fsp3) is 0.143. The molecular formula is C21H19ClN4O3. The van der Waals surface area contributed by atoms with E-state index in [4.69, 9.17) is 17.3 Å². The van der Waals surface area contributed by atoms with E-state index in [1.54, 1.807) is 17.0 Å². The zero-order valence-corrected chi connectivity index (χ0v) is 16.2. The van der Waals surface area contributed by atoms with Crippen LogP contribution in [0.15, 0.2) is 54.6 Å². The Labute approximate surface area is 172 Å². The first kappa shape index (κ1) is 18.9. The molecule has 0 unspecified atom stereocenters. The van der Waals surface area contributed by atoms with Crippen LogP contribution in [0.4, 0.5) is 10.5 Å². The van der Waals surface area contributed by atoms with Crippen LogP contribution in [0.1, 0.15) is 16.1 Å². The molecule has 0 atom stereocenters. The second-order valence-electron chi connectivity index (χ2n) is 6.76. The van der Waals surface area contributed by atoms with E-state index >= 15 is 0 Å². The van der Waals surface area contributed by atoms with Gasteiger partial charge in [0.2, 0.25) is 0 Å². The van der Waals surface area contributed by atoms with Crippen molar-refractivity contribution in [2.24, 2.45) is 5.73 Å². The summed E-state index contributed by atoms with van der Waals surface area (Å²) >= 11 is 6.56. The highest BCUT2D eigenvalue weighted by Gasteiger charge is 2.31. The van der Waals surface area contributed by atoms with Crippen molar-refractivity contribution in [2.45, 2.75) is 13.1 Å². The maximum absolute atomic E-state index is 12.7. The Bertz CT molecular complexity index is 1080. The average molecular weight is 411 g/mol. The number of hydrogen-bond acceptors (Lipinski definition) is 3. The van der Waals surface area contributed by atoms with Gasteiger partial charge in [-0.3, -0.25) is 4.79 Å². The van der Waals surface area contributed by atoms with Crippen LogP contribution in [-0.2, 0) is 13.1 Å². The monoisotopic (exact) mass is 410 g/mol. The molecule has 4 rings (SSSR count). The maximum atomic E-state index is 12.7. The Morgan fingerprint density at radius 2 is 1.72 bits per heavy atom. The number of hydrogen-bond donors (Lipinski definition) is 3. The van der Waals surface area contributed by atoms with Crippen molar-refractivity contribution in [1.29, 1.82) is 0 Å². The maximum Gasteiger partial charge on any atom is 0.322 e. The molecule has 2 heterocycles. The van der Waals surface area contributed by atoms with Crippen LogP contribution in [0.25, 0.3) is 11.3 Å². The minimum Gasteiger partial charge on any atom is -0.508 e. The van der Waals surface area contributed by atoms with E-state index in [0.29, 0.717) is 29.5 Å².